The average Bonchev–Trinajstić information content (AvgIpc) is 2.79. The Morgan fingerprint density at radius 3 is 1.57 bits per heavy atom. The van der Waals surface area contributed by atoms with E-state index in [-0.39, 0.29) is 68.2 Å². The van der Waals surface area contributed by atoms with Gasteiger partial charge in [-0.2, -0.15) is 0 Å². The van der Waals surface area contributed by atoms with Gasteiger partial charge in [-0.3, -0.25) is 19.2 Å². The van der Waals surface area contributed by atoms with Gasteiger partial charge in [-0.1, -0.05) is 60.8 Å². The molecule has 0 unspecified atom stereocenters. The van der Waals surface area contributed by atoms with E-state index in [1.165, 1.54) is 6.92 Å². The first kappa shape index (κ1) is 35.7. The van der Waals surface area contributed by atoms with Crippen LogP contribution >= 0.6 is 0 Å². The van der Waals surface area contributed by atoms with E-state index in [4.69, 9.17) is 0 Å². The van der Waals surface area contributed by atoms with E-state index in [0.717, 1.165) is 32.1 Å². The molecule has 4 N–H and O–H groups in total. The molecule has 0 radical (unpaired) electrons. The maximum absolute atomic E-state index is 13.0. The number of ketones is 4. The van der Waals surface area contributed by atoms with Crippen molar-refractivity contribution in [1.82, 2.24) is 21.3 Å². The van der Waals surface area contributed by atoms with Crippen LogP contribution in [0.4, 0.5) is 0 Å². The Labute approximate surface area is 214 Å². The van der Waals surface area contributed by atoms with Gasteiger partial charge in [-0.15, -0.1) is 0 Å². The van der Waals surface area contributed by atoms with E-state index >= 15 is 0 Å². The van der Waals surface area contributed by atoms with E-state index in [2.05, 4.69) is 35.1 Å². The van der Waals surface area contributed by atoms with E-state index in [1.54, 1.807) is 14.0 Å². The van der Waals surface area contributed by atoms with Crippen molar-refractivity contribution >= 4 is 23.1 Å². The molecule has 0 aliphatic heterocycles. The van der Waals surface area contributed by atoms with Gasteiger partial charge < -0.3 is 21.3 Å². The quantitative estimate of drug-likeness (QED) is 0.180. The van der Waals surface area contributed by atoms with Crippen molar-refractivity contribution in [3.8, 4) is 0 Å². The van der Waals surface area contributed by atoms with Gasteiger partial charge in [0.25, 0.3) is 0 Å². The van der Waals surface area contributed by atoms with Crippen LogP contribution in [0.15, 0.2) is 0 Å². The van der Waals surface area contributed by atoms with Crippen LogP contribution in [0.3, 0.4) is 0 Å². The second-order valence-electron chi connectivity index (χ2n) is 9.73. The predicted octanol–water partition coefficient (Wildman–Crippen LogP) is 2.83. The number of carbonyl (C=O) groups excluding carboxylic acids is 4. The van der Waals surface area contributed by atoms with Crippen LogP contribution in [-0.4, -0.2) is 74.0 Å². The standard InChI is InChI=1S/C26H50N4O4.CH4/c1-8-10-12-21(27-7)24(32)16-29-22(13-11-9-2)25(33)17-30-23(14-18(3)4)26(34)15-28-19(5)20(6)31;/h18-19,21-23,27-30H,8-17H2,1-7H3;1H4/t19-,21-,22-,23-;/m0./s1. The number of likely N-dealkylation sites (N-methyl/N-ethyl adjacent to an activating group) is 1. The Morgan fingerprint density at radius 1 is 0.686 bits per heavy atom. The maximum atomic E-state index is 13.0. The van der Waals surface area contributed by atoms with Gasteiger partial charge >= 0.3 is 0 Å². The lowest BCUT2D eigenvalue weighted by atomic mass is 9.98. The first-order valence-corrected chi connectivity index (χ1v) is 13.0. The Kier molecular flexibility index (Phi) is 21.1. The van der Waals surface area contributed by atoms with E-state index in [9.17, 15) is 19.2 Å². The van der Waals surface area contributed by atoms with Gasteiger partial charge in [0.1, 0.15) is 5.78 Å². The van der Waals surface area contributed by atoms with Crippen LogP contribution in [0.5, 0.6) is 0 Å². The van der Waals surface area contributed by atoms with E-state index in [1.807, 2.05) is 13.8 Å². The summed E-state index contributed by atoms with van der Waals surface area (Å²) in [5.41, 5.74) is 0. The summed E-state index contributed by atoms with van der Waals surface area (Å²) in [5, 5.41) is 12.4. The summed E-state index contributed by atoms with van der Waals surface area (Å²) in [6.07, 6.45) is 5.89. The highest BCUT2D eigenvalue weighted by Crippen LogP contribution is 2.08. The molecule has 0 spiro atoms. The number of hydrogen-bond donors (Lipinski definition) is 4. The monoisotopic (exact) mass is 498 g/mol. The minimum absolute atomic E-state index is 0. The lowest BCUT2D eigenvalue weighted by Gasteiger charge is -2.23. The van der Waals surface area contributed by atoms with Crippen molar-refractivity contribution < 1.29 is 19.2 Å². The third-order valence-electron chi connectivity index (χ3n) is 6.15. The highest BCUT2D eigenvalue weighted by molar-refractivity contribution is 5.90. The van der Waals surface area contributed by atoms with Crippen LogP contribution in [-0.2, 0) is 19.2 Å². The van der Waals surface area contributed by atoms with Crippen molar-refractivity contribution in [3.63, 3.8) is 0 Å². The number of nitrogens with one attached hydrogen (secondary N) is 4. The van der Waals surface area contributed by atoms with E-state index in [0.29, 0.717) is 12.8 Å². The van der Waals surface area contributed by atoms with Crippen LogP contribution < -0.4 is 21.3 Å². The maximum Gasteiger partial charge on any atom is 0.163 e. The van der Waals surface area contributed by atoms with Crippen LogP contribution in [0, 0.1) is 5.92 Å². The molecule has 0 amide bonds. The van der Waals surface area contributed by atoms with Gasteiger partial charge in [-0.25, -0.2) is 0 Å². The second-order valence-corrected chi connectivity index (χ2v) is 9.73. The summed E-state index contributed by atoms with van der Waals surface area (Å²) in [6, 6.07) is -1.48. The van der Waals surface area contributed by atoms with Crippen molar-refractivity contribution in [3.05, 3.63) is 0 Å². The second kappa shape index (κ2) is 20.7. The number of hydrogen-bond acceptors (Lipinski definition) is 8. The Bertz CT molecular complexity index is 624. The molecule has 0 aromatic carbocycles. The minimum Gasteiger partial charge on any atom is -0.311 e. The van der Waals surface area contributed by atoms with Gasteiger partial charge in [0.15, 0.2) is 17.3 Å². The lowest BCUT2D eigenvalue weighted by molar-refractivity contribution is -0.122. The molecule has 0 aliphatic rings. The van der Waals surface area contributed by atoms with Gasteiger partial charge in [0.05, 0.1) is 43.8 Å². The van der Waals surface area contributed by atoms with Gasteiger partial charge in [0.2, 0.25) is 0 Å². The lowest BCUT2D eigenvalue weighted by Crippen LogP contribution is -2.50. The fourth-order valence-corrected chi connectivity index (χ4v) is 3.67. The summed E-state index contributed by atoms with van der Waals surface area (Å²) in [4.78, 5) is 49.8. The highest BCUT2D eigenvalue weighted by atomic mass is 16.1. The van der Waals surface area contributed by atoms with Crippen molar-refractivity contribution in [1.29, 1.82) is 0 Å². The predicted molar refractivity (Wildman–Crippen MR) is 145 cm³/mol. The van der Waals surface area contributed by atoms with Crippen molar-refractivity contribution in [2.45, 2.75) is 118 Å². The number of rotatable bonds is 22. The van der Waals surface area contributed by atoms with Crippen molar-refractivity contribution in [2.24, 2.45) is 5.92 Å². The molecule has 206 valence electrons. The van der Waals surface area contributed by atoms with Crippen LogP contribution in [0.2, 0.25) is 0 Å². The topological polar surface area (TPSA) is 116 Å². The molecule has 0 aliphatic carbocycles. The number of Topliss-reactive ketones (excluding diaryl/α,β-unsaturated/α-hetero) is 4. The average molecular weight is 499 g/mol. The summed E-state index contributed by atoms with van der Waals surface area (Å²) in [6.45, 7) is 11.7. The minimum atomic E-state index is -0.466. The molecule has 0 heterocycles. The van der Waals surface area contributed by atoms with E-state index < -0.39 is 12.1 Å². The fourth-order valence-electron chi connectivity index (χ4n) is 3.67. The number of unbranched alkanes of at least 4 members (excludes halogenated alkanes) is 2. The SMILES string of the molecule is C.CCCC[C@H](NC)C(=O)CN[C@@H](CCCC)C(=O)CN[C@@H](CC(C)C)C(=O)CN[C@@H](C)C(C)=O. The molecule has 8 heteroatoms. The first-order valence-electron chi connectivity index (χ1n) is 13.0. The highest BCUT2D eigenvalue weighted by Gasteiger charge is 2.25. The molecule has 0 saturated carbocycles. The van der Waals surface area contributed by atoms with Crippen LogP contribution in [0.1, 0.15) is 93.9 Å². The summed E-state index contributed by atoms with van der Waals surface area (Å²) < 4.78 is 0. The Balaban J connectivity index is 0. The van der Waals surface area contributed by atoms with Crippen LogP contribution in [0.25, 0.3) is 0 Å². The zero-order valence-corrected chi connectivity index (χ0v) is 22.6. The summed E-state index contributed by atoms with van der Waals surface area (Å²) in [5.74, 6) is 0.218. The van der Waals surface area contributed by atoms with Gasteiger partial charge in [-0.05, 0) is 46.1 Å². The third kappa shape index (κ3) is 16.0. The molecular formula is C27H54N4O4. The fraction of sp³-hybridized carbons (Fsp3) is 0.852. The zero-order chi connectivity index (χ0) is 26.1. The Hall–Kier alpha value is -1.48. The molecule has 0 rings (SSSR count). The smallest absolute Gasteiger partial charge is 0.163 e. The molecule has 35 heavy (non-hydrogen) atoms. The molecule has 0 fully saturated rings. The van der Waals surface area contributed by atoms with Gasteiger partial charge in [0, 0.05) is 0 Å². The van der Waals surface area contributed by atoms with Crippen molar-refractivity contribution in [2.75, 3.05) is 26.7 Å². The summed E-state index contributed by atoms with van der Waals surface area (Å²) >= 11 is 0. The number of carbonyl (C=O) groups is 4. The molecule has 8 nitrogen and oxygen atoms in total. The molecular weight excluding hydrogens is 444 g/mol. The largest absolute Gasteiger partial charge is 0.311 e. The third-order valence-corrected chi connectivity index (χ3v) is 6.15. The zero-order valence-electron chi connectivity index (χ0n) is 22.6. The first-order chi connectivity index (χ1) is 16.1. The normalized spacial score (nSPS) is 14.6. The molecule has 0 saturated heterocycles. The summed E-state index contributed by atoms with van der Waals surface area (Å²) in [7, 11) is 1.79. The Morgan fingerprint density at radius 2 is 1.11 bits per heavy atom. The molecule has 0 aromatic rings. The molecule has 0 aromatic heterocycles. The molecule has 4 atom stereocenters. The molecule has 0 bridgehead atoms.